The smallest absolute Gasteiger partial charge is 0.412 e. The number of halogens is 3. The second-order valence-corrected chi connectivity index (χ2v) is 13.2. The Morgan fingerprint density at radius 2 is 1.63 bits per heavy atom. The van der Waals surface area contributed by atoms with Crippen LogP contribution in [0.3, 0.4) is 0 Å². The molecule has 280 valence electrons. The van der Waals surface area contributed by atoms with Crippen LogP contribution in [0.5, 0.6) is 5.75 Å². The minimum atomic E-state index is -4.70. The predicted octanol–water partition coefficient (Wildman–Crippen LogP) is 1.58. The number of benzene rings is 1. The average Bonchev–Trinajstić information content (AvgIpc) is 3.00. The summed E-state index contributed by atoms with van der Waals surface area (Å²) in [6, 6.07) is 0.105. The first-order valence-electron chi connectivity index (χ1n) is 15.6. The molecule has 0 heterocycles. The van der Waals surface area contributed by atoms with Gasteiger partial charge < -0.3 is 50.3 Å². The van der Waals surface area contributed by atoms with E-state index in [2.05, 4.69) is 0 Å². The summed E-state index contributed by atoms with van der Waals surface area (Å²) in [6.45, 7) is -2.59. The number of ether oxygens (including phenoxy) is 2. The van der Waals surface area contributed by atoms with Gasteiger partial charge in [-0.05, 0) is 44.5 Å². The van der Waals surface area contributed by atoms with E-state index in [1.54, 1.807) is 19.0 Å². The highest BCUT2D eigenvalue weighted by Crippen LogP contribution is 2.54. The van der Waals surface area contributed by atoms with Gasteiger partial charge in [-0.3, -0.25) is 19.3 Å². The summed E-state index contributed by atoms with van der Waals surface area (Å²) >= 11 is 0. The highest BCUT2D eigenvalue weighted by molar-refractivity contribution is 6.24. The number of carbonyl (C=O) groups excluding carboxylic acids is 5. The van der Waals surface area contributed by atoms with Crippen LogP contribution in [0.4, 0.5) is 28.4 Å². The van der Waals surface area contributed by atoms with Crippen molar-refractivity contribution in [3.63, 3.8) is 0 Å². The van der Waals surface area contributed by atoms with Gasteiger partial charge in [0.1, 0.15) is 22.8 Å². The molecule has 51 heavy (non-hydrogen) atoms. The van der Waals surface area contributed by atoms with Gasteiger partial charge in [0.2, 0.25) is 12.6 Å². The molecule has 0 bridgehead atoms. The van der Waals surface area contributed by atoms with Crippen molar-refractivity contribution in [3.8, 4) is 5.75 Å². The average molecular weight is 728 g/mol. The van der Waals surface area contributed by atoms with Crippen molar-refractivity contribution in [2.24, 2.45) is 17.6 Å². The van der Waals surface area contributed by atoms with E-state index in [-0.39, 0.29) is 24.0 Å². The molecule has 3 aliphatic carbocycles. The third kappa shape index (κ3) is 6.99. The third-order valence-corrected chi connectivity index (χ3v) is 9.27. The summed E-state index contributed by atoms with van der Waals surface area (Å²) in [5.41, 5.74) is 1.20. The SMILES string of the molecule is CN(C)C(=O)OCOC(=O)N(CCC(F)(F)F)Cc1cc(N(C)C)c2c(c1O)C(O)=C1C(=O)[C@]3(O)C(O)=C(C(N)=O)C(=O)[C@@H](N(C)C)[C@@H]3C[C@@H]1C2. The fourth-order valence-electron chi connectivity index (χ4n) is 6.92. The van der Waals surface area contributed by atoms with Crippen molar-refractivity contribution in [1.82, 2.24) is 14.7 Å². The van der Waals surface area contributed by atoms with Crippen molar-refractivity contribution >= 4 is 41.1 Å². The number of anilines is 1. The molecule has 3 amide bonds. The maximum atomic E-state index is 14.2. The van der Waals surface area contributed by atoms with Crippen molar-refractivity contribution in [2.45, 2.75) is 43.6 Å². The molecule has 19 heteroatoms. The molecule has 0 spiro atoms. The molecule has 0 aliphatic heterocycles. The topological polar surface area (TPSA) is 224 Å². The summed E-state index contributed by atoms with van der Waals surface area (Å²) in [7, 11) is 8.84. The molecule has 1 aromatic carbocycles. The number of nitrogens with two attached hydrogens (primary N) is 1. The lowest BCUT2D eigenvalue weighted by Crippen LogP contribution is -2.65. The first-order valence-corrected chi connectivity index (χ1v) is 15.6. The molecule has 4 atom stereocenters. The van der Waals surface area contributed by atoms with E-state index in [1.807, 2.05) is 0 Å². The molecule has 0 aromatic heterocycles. The predicted molar refractivity (Wildman–Crippen MR) is 171 cm³/mol. The number of rotatable bonds is 9. The molecule has 6 N–H and O–H groups in total. The number of primary amides is 1. The number of ketones is 2. The van der Waals surface area contributed by atoms with Gasteiger partial charge in [-0.2, -0.15) is 13.2 Å². The maximum absolute atomic E-state index is 14.2. The lowest BCUT2D eigenvalue weighted by Gasteiger charge is -2.50. The van der Waals surface area contributed by atoms with Gasteiger partial charge in [0, 0.05) is 57.5 Å². The number of carbonyl (C=O) groups is 5. The zero-order valence-corrected chi connectivity index (χ0v) is 28.7. The van der Waals surface area contributed by atoms with Crippen LogP contribution in [0, 0.1) is 11.8 Å². The Morgan fingerprint density at radius 1 is 1.02 bits per heavy atom. The van der Waals surface area contributed by atoms with Crippen LogP contribution in [0.2, 0.25) is 0 Å². The Labute approximate surface area is 290 Å². The van der Waals surface area contributed by atoms with Crippen molar-refractivity contribution in [3.05, 3.63) is 39.7 Å². The van der Waals surface area contributed by atoms with Crippen LogP contribution in [0.15, 0.2) is 23.0 Å². The lowest BCUT2D eigenvalue weighted by atomic mass is 9.57. The van der Waals surface area contributed by atoms with Crippen LogP contribution in [-0.4, -0.2) is 138 Å². The first kappa shape index (κ1) is 38.8. The van der Waals surface area contributed by atoms with Crippen LogP contribution < -0.4 is 10.6 Å². The number of hydrogen-bond acceptors (Lipinski definition) is 13. The molecule has 4 rings (SSSR count). The largest absolute Gasteiger partial charge is 0.508 e. The van der Waals surface area contributed by atoms with Crippen LogP contribution in [-0.2, 0) is 36.8 Å². The fraction of sp³-hybridized carbons (Fsp3) is 0.531. The monoisotopic (exact) mass is 727 g/mol. The maximum Gasteiger partial charge on any atom is 0.412 e. The van der Waals surface area contributed by atoms with Gasteiger partial charge in [-0.25, -0.2) is 9.59 Å². The number of fused-ring (bicyclic) bond motifs is 3. The number of phenols is 1. The molecule has 16 nitrogen and oxygen atoms in total. The molecular formula is C32H40F3N5O11. The van der Waals surface area contributed by atoms with Gasteiger partial charge in [0.25, 0.3) is 5.91 Å². The summed E-state index contributed by atoms with van der Waals surface area (Å²) in [6.07, 6.45) is -8.61. The van der Waals surface area contributed by atoms with Crippen molar-refractivity contribution < 1.29 is 67.0 Å². The zero-order chi connectivity index (χ0) is 38.5. The second kappa shape index (κ2) is 13.9. The number of alkyl halides is 3. The molecule has 0 radical (unpaired) electrons. The van der Waals surface area contributed by atoms with Crippen molar-refractivity contribution in [2.75, 3.05) is 60.5 Å². The summed E-state index contributed by atoms with van der Waals surface area (Å²) in [5.74, 6) is -8.51. The number of phenolic OH excluding ortho intramolecular Hbond substituents is 1. The van der Waals surface area contributed by atoms with Gasteiger partial charge >= 0.3 is 18.4 Å². The third-order valence-electron chi connectivity index (χ3n) is 9.27. The molecule has 0 unspecified atom stereocenters. The van der Waals surface area contributed by atoms with Crippen LogP contribution >= 0.6 is 0 Å². The lowest BCUT2D eigenvalue weighted by molar-refractivity contribution is -0.153. The number of aromatic hydroxyl groups is 1. The summed E-state index contributed by atoms with van der Waals surface area (Å²) in [5, 5.41) is 46.1. The summed E-state index contributed by atoms with van der Waals surface area (Å²) in [4.78, 5) is 68.9. The number of amides is 3. The molecule has 1 saturated carbocycles. The van der Waals surface area contributed by atoms with Gasteiger partial charge in [-0.15, -0.1) is 0 Å². The minimum Gasteiger partial charge on any atom is -0.508 e. The van der Waals surface area contributed by atoms with Crippen LogP contribution in [0.25, 0.3) is 5.76 Å². The second-order valence-electron chi connectivity index (χ2n) is 13.2. The normalized spacial score (nSPS) is 23.0. The van der Waals surface area contributed by atoms with Gasteiger partial charge in [0.15, 0.2) is 11.4 Å². The van der Waals surface area contributed by atoms with E-state index in [0.717, 1.165) is 4.90 Å². The van der Waals surface area contributed by atoms with Gasteiger partial charge in [0.05, 0.1) is 24.6 Å². The quantitative estimate of drug-likeness (QED) is 0.180. The van der Waals surface area contributed by atoms with Crippen molar-refractivity contribution in [1.29, 1.82) is 0 Å². The Hall–Kier alpha value is -5.04. The van der Waals surface area contributed by atoms with E-state index in [4.69, 9.17) is 15.2 Å². The number of Topliss-reactive ketones (excluding diaryl/α,β-unsaturated/α-hetero) is 2. The molecule has 1 fully saturated rings. The number of nitrogens with zero attached hydrogens (tertiary/aromatic N) is 4. The number of aliphatic hydroxyl groups is 3. The standard InChI is InChI=1S/C32H40F3N5O11/c1-37(2)18-11-15(12-40(8-7-31(33,34)35)30(48)51-13-50-29(47)39(5)6)23(41)20-16(18)9-14-10-17-22(38(3)4)25(43)21(28(36)46)27(45)32(17,49)26(44)19(14)24(20)42/h11,14,17,22,41-42,45,49H,7-10,12-13H2,1-6H3,(H2,36,46)/t14-,17-,22-,32-/m0/s1. The first-order chi connectivity index (χ1) is 23.5. The van der Waals surface area contributed by atoms with Crippen LogP contribution in [0.1, 0.15) is 29.5 Å². The Bertz CT molecular complexity index is 1720. The molecule has 1 aromatic rings. The fourth-order valence-corrected chi connectivity index (χ4v) is 6.92. The minimum absolute atomic E-state index is 0.0486. The van der Waals surface area contributed by atoms with Gasteiger partial charge in [-0.1, -0.05) is 0 Å². The van der Waals surface area contributed by atoms with E-state index < -0.39 is 114 Å². The highest BCUT2D eigenvalue weighted by atomic mass is 19.4. The number of likely N-dealkylation sites (N-methyl/N-ethyl adjacent to an activating group) is 1. The molecular weight excluding hydrogens is 687 g/mol. The van der Waals surface area contributed by atoms with E-state index in [0.29, 0.717) is 16.2 Å². The van der Waals surface area contributed by atoms with E-state index in [1.165, 1.54) is 39.2 Å². The summed E-state index contributed by atoms with van der Waals surface area (Å²) < 4.78 is 49.3. The number of aliphatic hydroxyl groups excluding tert-OH is 2. The molecule has 3 aliphatic rings. The highest BCUT2D eigenvalue weighted by Gasteiger charge is 2.64. The zero-order valence-electron chi connectivity index (χ0n) is 28.7. The Balaban J connectivity index is 1.83. The molecule has 0 saturated heterocycles. The Morgan fingerprint density at radius 3 is 2.16 bits per heavy atom. The van der Waals surface area contributed by atoms with E-state index >= 15 is 0 Å². The number of hydrogen-bond donors (Lipinski definition) is 5. The van der Waals surface area contributed by atoms with E-state index in [9.17, 15) is 57.6 Å². The Kier molecular flexibility index (Phi) is 10.6.